The number of hydrogen-bond acceptors (Lipinski definition) is 1. The minimum Gasteiger partial charge on any atom is -0.332 e. The van der Waals surface area contributed by atoms with Crippen molar-refractivity contribution < 1.29 is 4.79 Å². The molecule has 0 heterocycles. The van der Waals surface area contributed by atoms with Crippen LogP contribution in [0, 0.1) is 0 Å². The van der Waals surface area contributed by atoms with Crippen LogP contribution >= 0.6 is 0 Å². The van der Waals surface area contributed by atoms with Gasteiger partial charge in [0.2, 0.25) is 5.91 Å². The van der Waals surface area contributed by atoms with Crippen LogP contribution in [-0.4, -0.2) is 23.9 Å². The molecule has 0 atom stereocenters. The van der Waals surface area contributed by atoms with Crippen molar-refractivity contribution in [2.75, 3.05) is 13.1 Å². The van der Waals surface area contributed by atoms with Crippen LogP contribution in [0.15, 0.2) is 37.5 Å². The summed E-state index contributed by atoms with van der Waals surface area (Å²) in [5.74, 6) is -0.00250. The van der Waals surface area contributed by atoms with Gasteiger partial charge in [0.15, 0.2) is 0 Å². The Morgan fingerprint density at radius 1 is 1.33 bits per heavy atom. The topological polar surface area (TPSA) is 20.3 Å². The van der Waals surface area contributed by atoms with Gasteiger partial charge in [0.25, 0.3) is 0 Å². The summed E-state index contributed by atoms with van der Waals surface area (Å²) in [6.45, 7) is 10.1. The maximum Gasteiger partial charge on any atom is 0.246 e. The molecule has 0 aromatic carbocycles. The number of carbonyl (C=O) groups is 1. The second kappa shape index (κ2) is 6.40. The lowest BCUT2D eigenvalue weighted by Gasteiger charge is -2.16. The van der Waals surface area contributed by atoms with E-state index in [1.54, 1.807) is 23.1 Å². The molecule has 0 unspecified atom stereocenters. The van der Waals surface area contributed by atoms with E-state index in [1.807, 2.05) is 6.92 Å². The summed E-state index contributed by atoms with van der Waals surface area (Å²) in [5, 5.41) is 0. The molecule has 0 fully saturated rings. The van der Waals surface area contributed by atoms with Gasteiger partial charge in [-0.1, -0.05) is 18.2 Å². The molecule has 2 heteroatoms. The standard InChI is InChI=1S/C10H15NO/c1-4-7-10(12)11(8-5-2)9-6-3/h4-7H,2-3,8-9H2,1H3/b7-4+. The molecule has 0 aromatic heterocycles. The highest BCUT2D eigenvalue weighted by Gasteiger charge is 2.04. The molecule has 0 aliphatic carbocycles. The fourth-order valence-corrected chi connectivity index (χ4v) is 0.814. The zero-order chi connectivity index (χ0) is 9.40. The fraction of sp³-hybridized carbons (Fsp3) is 0.300. The van der Waals surface area contributed by atoms with Gasteiger partial charge in [0, 0.05) is 13.1 Å². The van der Waals surface area contributed by atoms with Crippen LogP contribution in [0.3, 0.4) is 0 Å². The predicted molar refractivity (Wildman–Crippen MR) is 51.8 cm³/mol. The number of carbonyl (C=O) groups excluding carboxylic acids is 1. The Morgan fingerprint density at radius 2 is 1.83 bits per heavy atom. The lowest BCUT2D eigenvalue weighted by atomic mass is 10.4. The van der Waals surface area contributed by atoms with Crippen LogP contribution < -0.4 is 0 Å². The number of rotatable bonds is 5. The second-order valence-corrected chi connectivity index (χ2v) is 2.32. The van der Waals surface area contributed by atoms with Gasteiger partial charge >= 0.3 is 0 Å². The van der Waals surface area contributed by atoms with E-state index in [-0.39, 0.29) is 5.91 Å². The van der Waals surface area contributed by atoms with Crippen molar-refractivity contribution in [3.63, 3.8) is 0 Å². The van der Waals surface area contributed by atoms with E-state index >= 15 is 0 Å². The average molecular weight is 165 g/mol. The molecule has 0 N–H and O–H groups in total. The molecule has 0 bridgehead atoms. The largest absolute Gasteiger partial charge is 0.332 e. The van der Waals surface area contributed by atoms with Crippen LogP contribution in [0.4, 0.5) is 0 Å². The highest BCUT2D eigenvalue weighted by Crippen LogP contribution is 1.92. The van der Waals surface area contributed by atoms with Gasteiger partial charge in [0.05, 0.1) is 0 Å². The molecule has 0 saturated carbocycles. The first-order valence-electron chi connectivity index (χ1n) is 3.89. The summed E-state index contributed by atoms with van der Waals surface area (Å²) in [5.41, 5.74) is 0. The van der Waals surface area contributed by atoms with Gasteiger partial charge in [-0.15, -0.1) is 13.2 Å². The molecule has 12 heavy (non-hydrogen) atoms. The van der Waals surface area contributed by atoms with Crippen LogP contribution in [-0.2, 0) is 4.79 Å². The van der Waals surface area contributed by atoms with Crippen molar-refractivity contribution in [3.8, 4) is 0 Å². The lowest BCUT2D eigenvalue weighted by molar-refractivity contribution is -0.125. The van der Waals surface area contributed by atoms with Crippen molar-refractivity contribution in [1.29, 1.82) is 0 Å². The SMILES string of the molecule is C=CCN(CC=C)C(=O)/C=C/C. The first-order valence-corrected chi connectivity index (χ1v) is 3.89. The predicted octanol–water partition coefficient (Wildman–Crippen LogP) is 1.76. The van der Waals surface area contributed by atoms with Gasteiger partial charge in [-0.3, -0.25) is 4.79 Å². The molecule has 0 aliphatic rings. The van der Waals surface area contributed by atoms with Gasteiger partial charge < -0.3 is 4.90 Å². The van der Waals surface area contributed by atoms with E-state index in [2.05, 4.69) is 13.2 Å². The van der Waals surface area contributed by atoms with Crippen LogP contribution in [0.5, 0.6) is 0 Å². The highest BCUT2D eigenvalue weighted by molar-refractivity contribution is 5.87. The van der Waals surface area contributed by atoms with Crippen molar-refractivity contribution in [2.45, 2.75) is 6.92 Å². The smallest absolute Gasteiger partial charge is 0.246 e. The normalized spacial score (nSPS) is 9.75. The summed E-state index contributed by atoms with van der Waals surface area (Å²) in [4.78, 5) is 12.9. The Kier molecular flexibility index (Phi) is 5.70. The number of hydrogen-bond donors (Lipinski definition) is 0. The average Bonchev–Trinajstić information content (AvgIpc) is 2.04. The molecular formula is C10H15NO. The van der Waals surface area contributed by atoms with E-state index < -0.39 is 0 Å². The summed E-state index contributed by atoms with van der Waals surface area (Å²) in [6, 6.07) is 0. The summed E-state index contributed by atoms with van der Waals surface area (Å²) < 4.78 is 0. The second-order valence-electron chi connectivity index (χ2n) is 2.32. The lowest BCUT2D eigenvalue weighted by Crippen LogP contribution is -2.29. The Balaban J connectivity index is 4.16. The molecule has 0 rings (SSSR count). The molecule has 0 spiro atoms. The van der Waals surface area contributed by atoms with Crippen LogP contribution in [0.25, 0.3) is 0 Å². The number of amides is 1. The maximum absolute atomic E-state index is 11.3. The summed E-state index contributed by atoms with van der Waals surface area (Å²) >= 11 is 0. The Bertz CT molecular complexity index is 184. The van der Waals surface area contributed by atoms with Crippen molar-refractivity contribution in [2.24, 2.45) is 0 Å². The third-order valence-corrected chi connectivity index (χ3v) is 1.32. The minimum atomic E-state index is -0.00250. The Hall–Kier alpha value is -1.31. The molecule has 0 aromatic rings. The van der Waals surface area contributed by atoms with Gasteiger partial charge in [-0.05, 0) is 13.0 Å². The van der Waals surface area contributed by atoms with Gasteiger partial charge in [0.1, 0.15) is 0 Å². The van der Waals surface area contributed by atoms with E-state index in [1.165, 1.54) is 6.08 Å². The Morgan fingerprint density at radius 3 is 2.17 bits per heavy atom. The van der Waals surface area contributed by atoms with Gasteiger partial charge in [-0.25, -0.2) is 0 Å². The van der Waals surface area contributed by atoms with Crippen molar-refractivity contribution in [3.05, 3.63) is 37.5 Å². The third kappa shape index (κ3) is 3.76. The molecule has 0 saturated heterocycles. The minimum absolute atomic E-state index is 0.00250. The summed E-state index contributed by atoms with van der Waals surface area (Å²) in [7, 11) is 0. The first kappa shape index (κ1) is 10.7. The number of allylic oxidation sites excluding steroid dienone is 1. The summed E-state index contributed by atoms with van der Waals surface area (Å²) in [6.07, 6.45) is 6.66. The molecule has 66 valence electrons. The van der Waals surface area contributed by atoms with E-state index in [9.17, 15) is 4.79 Å². The maximum atomic E-state index is 11.3. The molecule has 2 nitrogen and oxygen atoms in total. The van der Waals surface area contributed by atoms with E-state index in [0.29, 0.717) is 13.1 Å². The fourth-order valence-electron chi connectivity index (χ4n) is 0.814. The molecule has 0 radical (unpaired) electrons. The third-order valence-electron chi connectivity index (χ3n) is 1.32. The monoisotopic (exact) mass is 165 g/mol. The molecular weight excluding hydrogens is 150 g/mol. The quantitative estimate of drug-likeness (QED) is 0.449. The zero-order valence-corrected chi connectivity index (χ0v) is 7.49. The first-order chi connectivity index (χ1) is 5.76. The van der Waals surface area contributed by atoms with E-state index in [4.69, 9.17) is 0 Å². The van der Waals surface area contributed by atoms with Crippen LogP contribution in [0.2, 0.25) is 0 Å². The molecule has 0 aliphatic heterocycles. The van der Waals surface area contributed by atoms with E-state index in [0.717, 1.165) is 0 Å². The van der Waals surface area contributed by atoms with Crippen molar-refractivity contribution >= 4 is 5.91 Å². The van der Waals surface area contributed by atoms with Gasteiger partial charge in [-0.2, -0.15) is 0 Å². The molecule has 1 amide bonds. The Labute approximate surface area is 73.9 Å². The highest BCUT2D eigenvalue weighted by atomic mass is 16.2. The van der Waals surface area contributed by atoms with Crippen LogP contribution in [0.1, 0.15) is 6.92 Å². The van der Waals surface area contributed by atoms with Crippen molar-refractivity contribution in [1.82, 2.24) is 4.90 Å². The number of nitrogens with zero attached hydrogens (tertiary/aromatic N) is 1. The zero-order valence-electron chi connectivity index (χ0n) is 7.49.